The van der Waals surface area contributed by atoms with Crippen molar-refractivity contribution in [1.82, 2.24) is 19.7 Å². The standard InChI is InChI=1S/C18H16BN5O2/c25-19(26)15-7-4-8-16-14(15)12-22-24(16)18-20-10-9-17(23-18)21-11-13-5-2-1-3-6-13/h1-10,12,25-26H,11H2,(H,20,21,23). The fourth-order valence-electron chi connectivity index (χ4n) is 2.80. The number of benzene rings is 2. The lowest BCUT2D eigenvalue weighted by atomic mass is 9.78. The molecular weight excluding hydrogens is 329 g/mol. The molecule has 4 aromatic rings. The molecule has 0 aliphatic carbocycles. The van der Waals surface area contributed by atoms with Gasteiger partial charge in [-0.15, -0.1) is 0 Å². The Labute approximate surface area is 150 Å². The number of nitrogens with zero attached hydrogens (tertiary/aromatic N) is 4. The van der Waals surface area contributed by atoms with Gasteiger partial charge in [-0.1, -0.05) is 42.5 Å². The fraction of sp³-hybridized carbons (Fsp3) is 0.0556. The van der Waals surface area contributed by atoms with Gasteiger partial charge in [0, 0.05) is 18.1 Å². The van der Waals surface area contributed by atoms with Crippen molar-refractivity contribution in [2.75, 3.05) is 5.32 Å². The van der Waals surface area contributed by atoms with Crippen molar-refractivity contribution in [2.24, 2.45) is 0 Å². The highest BCUT2D eigenvalue weighted by molar-refractivity contribution is 6.61. The van der Waals surface area contributed by atoms with Gasteiger partial charge in [0.15, 0.2) is 0 Å². The highest BCUT2D eigenvalue weighted by Gasteiger charge is 2.17. The van der Waals surface area contributed by atoms with Crippen LogP contribution >= 0.6 is 0 Å². The van der Waals surface area contributed by atoms with Crippen molar-refractivity contribution in [1.29, 1.82) is 0 Å². The Morgan fingerprint density at radius 3 is 2.65 bits per heavy atom. The van der Waals surface area contributed by atoms with Crippen LogP contribution in [0.3, 0.4) is 0 Å². The third kappa shape index (κ3) is 3.15. The van der Waals surface area contributed by atoms with Gasteiger partial charge in [-0.25, -0.2) is 4.98 Å². The molecule has 3 N–H and O–H groups in total. The van der Waals surface area contributed by atoms with Gasteiger partial charge in [-0.3, -0.25) is 0 Å². The second kappa shape index (κ2) is 6.95. The van der Waals surface area contributed by atoms with E-state index in [2.05, 4.69) is 20.4 Å². The predicted octanol–water partition coefficient (Wildman–Crippen LogP) is 1.11. The smallest absolute Gasteiger partial charge is 0.423 e. The molecule has 0 saturated heterocycles. The van der Waals surface area contributed by atoms with Crippen LogP contribution < -0.4 is 10.8 Å². The maximum Gasteiger partial charge on any atom is 0.489 e. The van der Waals surface area contributed by atoms with Crippen LogP contribution in [0.1, 0.15) is 5.56 Å². The SMILES string of the molecule is OB(O)c1cccc2c1cnn2-c1nccc(NCc2ccccc2)n1. The second-order valence-electron chi connectivity index (χ2n) is 5.79. The van der Waals surface area contributed by atoms with E-state index >= 15 is 0 Å². The van der Waals surface area contributed by atoms with E-state index < -0.39 is 7.12 Å². The van der Waals surface area contributed by atoms with E-state index in [4.69, 9.17) is 0 Å². The van der Waals surface area contributed by atoms with Gasteiger partial charge >= 0.3 is 7.12 Å². The van der Waals surface area contributed by atoms with Crippen LogP contribution in [0, 0.1) is 0 Å². The molecule has 0 amide bonds. The molecule has 4 rings (SSSR count). The Kier molecular flexibility index (Phi) is 4.34. The van der Waals surface area contributed by atoms with E-state index in [1.165, 1.54) is 0 Å². The summed E-state index contributed by atoms with van der Waals surface area (Å²) in [6.45, 7) is 0.651. The summed E-state index contributed by atoms with van der Waals surface area (Å²) in [5, 5.41) is 27.2. The predicted molar refractivity (Wildman–Crippen MR) is 100 cm³/mol. The number of aromatic nitrogens is 4. The minimum absolute atomic E-state index is 0.395. The molecule has 128 valence electrons. The molecule has 7 nitrogen and oxygen atoms in total. The highest BCUT2D eigenvalue weighted by atomic mass is 16.4. The highest BCUT2D eigenvalue weighted by Crippen LogP contribution is 2.16. The number of anilines is 1. The van der Waals surface area contributed by atoms with E-state index in [0.717, 1.165) is 5.56 Å². The lowest BCUT2D eigenvalue weighted by Gasteiger charge is -2.08. The van der Waals surface area contributed by atoms with Crippen LogP contribution in [0.5, 0.6) is 0 Å². The Morgan fingerprint density at radius 2 is 1.85 bits per heavy atom. The fourth-order valence-corrected chi connectivity index (χ4v) is 2.80. The average molecular weight is 345 g/mol. The molecular formula is C18H16BN5O2. The molecule has 0 fully saturated rings. The van der Waals surface area contributed by atoms with Gasteiger partial charge in [0.2, 0.25) is 0 Å². The first-order valence-electron chi connectivity index (χ1n) is 8.16. The first-order valence-corrected chi connectivity index (χ1v) is 8.16. The maximum atomic E-state index is 9.50. The van der Waals surface area contributed by atoms with E-state index in [-0.39, 0.29) is 0 Å². The number of nitrogens with one attached hydrogen (secondary N) is 1. The molecule has 0 bridgehead atoms. The summed E-state index contributed by atoms with van der Waals surface area (Å²) in [7, 11) is -1.56. The van der Waals surface area contributed by atoms with Crippen LogP contribution in [-0.2, 0) is 6.54 Å². The van der Waals surface area contributed by atoms with Crippen LogP contribution in [-0.4, -0.2) is 36.9 Å². The first-order chi connectivity index (χ1) is 12.7. The van der Waals surface area contributed by atoms with E-state index in [0.29, 0.717) is 34.7 Å². The summed E-state index contributed by atoms with van der Waals surface area (Å²) < 4.78 is 1.58. The van der Waals surface area contributed by atoms with Crippen molar-refractivity contribution in [2.45, 2.75) is 6.54 Å². The Bertz CT molecular complexity index is 1040. The zero-order valence-electron chi connectivity index (χ0n) is 13.8. The second-order valence-corrected chi connectivity index (χ2v) is 5.79. The van der Waals surface area contributed by atoms with Gasteiger partial charge in [0.25, 0.3) is 5.95 Å². The van der Waals surface area contributed by atoms with Crippen molar-refractivity contribution in [3.05, 3.63) is 72.6 Å². The molecule has 2 aromatic carbocycles. The third-order valence-electron chi connectivity index (χ3n) is 4.07. The minimum Gasteiger partial charge on any atom is -0.423 e. The normalized spacial score (nSPS) is 10.8. The van der Waals surface area contributed by atoms with Gasteiger partial charge in [0.1, 0.15) is 5.82 Å². The lowest BCUT2D eigenvalue weighted by molar-refractivity contribution is 0.426. The molecule has 26 heavy (non-hydrogen) atoms. The number of hydrogen-bond donors (Lipinski definition) is 3. The van der Waals surface area contributed by atoms with Crippen molar-refractivity contribution in [3.8, 4) is 5.95 Å². The van der Waals surface area contributed by atoms with Gasteiger partial charge in [-0.2, -0.15) is 14.8 Å². The molecule has 0 unspecified atom stereocenters. The largest absolute Gasteiger partial charge is 0.489 e. The lowest BCUT2D eigenvalue weighted by Crippen LogP contribution is -2.30. The Hall–Kier alpha value is -3.23. The van der Waals surface area contributed by atoms with Crippen LogP contribution in [0.25, 0.3) is 16.9 Å². The average Bonchev–Trinajstić information content (AvgIpc) is 3.11. The van der Waals surface area contributed by atoms with Crippen molar-refractivity contribution in [3.63, 3.8) is 0 Å². The molecule has 0 spiro atoms. The molecule has 0 saturated carbocycles. The van der Waals surface area contributed by atoms with Crippen molar-refractivity contribution >= 4 is 29.3 Å². The molecule has 2 heterocycles. The van der Waals surface area contributed by atoms with Crippen molar-refractivity contribution < 1.29 is 10.0 Å². The van der Waals surface area contributed by atoms with Crippen LogP contribution in [0.15, 0.2) is 67.0 Å². The Balaban J connectivity index is 1.64. The molecule has 2 aromatic heterocycles. The zero-order valence-corrected chi connectivity index (χ0v) is 13.8. The number of fused-ring (bicyclic) bond motifs is 1. The van der Waals surface area contributed by atoms with Gasteiger partial charge < -0.3 is 15.4 Å². The Morgan fingerprint density at radius 1 is 1.00 bits per heavy atom. The first kappa shape index (κ1) is 16.3. The summed E-state index contributed by atoms with van der Waals surface area (Å²) in [6.07, 6.45) is 3.24. The zero-order chi connectivity index (χ0) is 17.9. The topological polar surface area (TPSA) is 96.1 Å². The van der Waals surface area contributed by atoms with E-state index in [1.54, 1.807) is 35.3 Å². The van der Waals surface area contributed by atoms with Crippen LogP contribution in [0.2, 0.25) is 0 Å². The molecule has 0 aliphatic rings. The summed E-state index contributed by atoms with van der Waals surface area (Å²) in [4.78, 5) is 8.79. The molecule has 8 heteroatoms. The summed E-state index contributed by atoms with van der Waals surface area (Å²) in [5.41, 5.74) is 2.25. The maximum absolute atomic E-state index is 9.50. The number of rotatable bonds is 5. The van der Waals surface area contributed by atoms with Gasteiger partial charge in [0.05, 0.1) is 11.7 Å². The monoisotopic (exact) mass is 345 g/mol. The minimum atomic E-state index is -1.56. The number of hydrogen-bond acceptors (Lipinski definition) is 6. The van der Waals surface area contributed by atoms with Gasteiger partial charge in [-0.05, 0) is 23.2 Å². The van der Waals surface area contributed by atoms with E-state index in [1.807, 2.05) is 36.4 Å². The summed E-state index contributed by atoms with van der Waals surface area (Å²) in [6, 6.07) is 17.1. The third-order valence-corrected chi connectivity index (χ3v) is 4.07. The summed E-state index contributed by atoms with van der Waals surface area (Å²) >= 11 is 0. The summed E-state index contributed by atoms with van der Waals surface area (Å²) in [5.74, 6) is 1.09. The molecule has 0 atom stereocenters. The quantitative estimate of drug-likeness (QED) is 0.469. The van der Waals surface area contributed by atoms with E-state index in [9.17, 15) is 10.0 Å². The van der Waals surface area contributed by atoms with Crippen LogP contribution in [0.4, 0.5) is 5.82 Å². The molecule has 0 aliphatic heterocycles. The molecule has 0 radical (unpaired) electrons.